The number of aromatic nitrogens is 2. The van der Waals surface area contributed by atoms with Crippen molar-refractivity contribution in [1.29, 1.82) is 0 Å². The number of hydrogen-bond donors (Lipinski definition) is 2. The summed E-state index contributed by atoms with van der Waals surface area (Å²) in [6.07, 6.45) is 2.39. The summed E-state index contributed by atoms with van der Waals surface area (Å²) < 4.78 is 0. The first-order chi connectivity index (χ1) is 7.65. The van der Waals surface area contributed by atoms with Crippen molar-refractivity contribution in [3.63, 3.8) is 0 Å². The van der Waals surface area contributed by atoms with Crippen molar-refractivity contribution in [2.75, 3.05) is 5.73 Å². The second kappa shape index (κ2) is 3.15. The fraction of sp³-hybridized carbons (Fsp3) is 0.500. The van der Waals surface area contributed by atoms with E-state index in [9.17, 15) is 4.79 Å². The van der Waals surface area contributed by atoms with Crippen LogP contribution in [0.2, 0.25) is 0 Å². The minimum atomic E-state index is -1.03. The third-order valence-corrected chi connectivity index (χ3v) is 3.09. The maximum Gasteiger partial charge on any atom is 0.355 e. The Balaban J connectivity index is 2.01. The van der Waals surface area contributed by atoms with Gasteiger partial charge in [0, 0.05) is 24.7 Å². The van der Waals surface area contributed by atoms with E-state index in [4.69, 9.17) is 10.8 Å². The Kier molecular flexibility index (Phi) is 1.88. The highest BCUT2D eigenvalue weighted by Gasteiger charge is 2.36. The van der Waals surface area contributed by atoms with Crippen LogP contribution in [-0.4, -0.2) is 32.0 Å². The minimum Gasteiger partial charge on any atom is -0.476 e. The predicted octanol–water partition coefficient (Wildman–Crippen LogP) is 0.235. The Morgan fingerprint density at radius 3 is 2.75 bits per heavy atom. The van der Waals surface area contributed by atoms with Crippen LogP contribution in [0.5, 0.6) is 0 Å². The van der Waals surface area contributed by atoms with E-state index in [1.807, 2.05) is 0 Å². The van der Waals surface area contributed by atoms with Gasteiger partial charge in [-0.3, -0.25) is 4.90 Å². The zero-order valence-corrected chi connectivity index (χ0v) is 8.68. The molecule has 84 valence electrons. The van der Waals surface area contributed by atoms with Gasteiger partial charge in [0.15, 0.2) is 5.69 Å². The monoisotopic (exact) mass is 220 g/mol. The molecule has 1 aliphatic carbocycles. The fourth-order valence-electron chi connectivity index (χ4n) is 2.17. The highest BCUT2D eigenvalue weighted by Crippen LogP contribution is 2.34. The lowest BCUT2D eigenvalue weighted by Crippen LogP contribution is -2.18. The minimum absolute atomic E-state index is 0.0498. The second-order valence-electron chi connectivity index (χ2n) is 4.30. The van der Waals surface area contributed by atoms with Crippen molar-refractivity contribution in [3.8, 4) is 0 Å². The third kappa shape index (κ3) is 1.42. The zero-order chi connectivity index (χ0) is 11.3. The lowest BCUT2D eigenvalue weighted by Gasteiger charge is -2.11. The van der Waals surface area contributed by atoms with Crippen molar-refractivity contribution < 1.29 is 9.90 Å². The third-order valence-electron chi connectivity index (χ3n) is 3.09. The summed E-state index contributed by atoms with van der Waals surface area (Å²) in [7, 11) is 0. The van der Waals surface area contributed by atoms with Crippen LogP contribution in [0.25, 0.3) is 0 Å². The summed E-state index contributed by atoms with van der Waals surface area (Å²) in [6.45, 7) is 1.34. The molecular formula is C10H12N4O2. The molecular weight excluding hydrogens is 208 g/mol. The van der Waals surface area contributed by atoms with E-state index in [0.717, 1.165) is 11.3 Å². The lowest BCUT2D eigenvalue weighted by atomic mass is 10.2. The van der Waals surface area contributed by atoms with Crippen molar-refractivity contribution in [1.82, 2.24) is 14.9 Å². The molecule has 1 fully saturated rings. The topological polar surface area (TPSA) is 92.3 Å². The van der Waals surface area contributed by atoms with Gasteiger partial charge in [0.1, 0.15) is 0 Å². The van der Waals surface area contributed by atoms with Crippen molar-refractivity contribution in [3.05, 3.63) is 17.0 Å². The normalized spacial score (nSPS) is 19.8. The van der Waals surface area contributed by atoms with Gasteiger partial charge in [0.25, 0.3) is 0 Å². The van der Waals surface area contributed by atoms with E-state index < -0.39 is 5.97 Å². The fourth-order valence-corrected chi connectivity index (χ4v) is 2.17. The molecule has 16 heavy (non-hydrogen) atoms. The molecule has 2 aliphatic rings. The molecule has 6 nitrogen and oxygen atoms in total. The molecule has 0 bridgehead atoms. The maximum atomic E-state index is 11.0. The largest absolute Gasteiger partial charge is 0.476 e. The average Bonchev–Trinajstić information content (AvgIpc) is 2.98. The molecule has 1 aromatic rings. The summed E-state index contributed by atoms with van der Waals surface area (Å²) in [6, 6.07) is 0.595. The molecule has 0 unspecified atom stereocenters. The molecule has 0 amide bonds. The first-order valence-corrected chi connectivity index (χ1v) is 5.28. The number of hydrogen-bond acceptors (Lipinski definition) is 5. The molecule has 1 saturated carbocycles. The van der Waals surface area contributed by atoms with Gasteiger partial charge in [-0.25, -0.2) is 14.8 Å². The van der Waals surface area contributed by atoms with Crippen LogP contribution in [0.4, 0.5) is 5.95 Å². The second-order valence-corrected chi connectivity index (χ2v) is 4.30. The summed E-state index contributed by atoms with van der Waals surface area (Å²) >= 11 is 0. The Labute approximate surface area is 92.1 Å². The average molecular weight is 220 g/mol. The number of nitrogens with zero attached hydrogens (tertiary/aromatic N) is 3. The Morgan fingerprint density at radius 2 is 2.12 bits per heavy atom. The van der Waals surface area contributed by atoms with Gasteiger partial charge in [0.05, 0.1) is 5.69 Å². The Morgan fingerprint density at radius 1 is 1.38 bits per heavy atom. The highest BCUT2D eigenvalue weighted by atomic mass is 16.4. The molecule has 0 saturated heterocycles. The molecule has 6 heteroatoms. The van der Waals surface area contributed by atoms with Gasteiger partial charge >= 0.3 is 5.97 Å². The van der Waals surface area contributed by atoms with Crippen LogP contribution < -0.4 is 5.73 Å². The van der Waals surface area contributed by atoms with E-state index >= 15 is 0 Å². The number of nitrogen functional groups attached to an aromatic ring is 1. The Hall–Kier alpha value is -1.69. The van der Waals surface area contributed by atoms with Crippen LogP contribution in [0.3, 0.4) is 0 Å². The standard InChI is InChI=1S/C10H12N4O2/c11-10-12-7-4-14(5-1-2-5)3-6(7)8(13-10)9(15)16/h5H,1-4H2,(H,15,16)(H2,11,12,13). The van der Waals surface area contributed by atoms with Crippen molar-refractivity contribution in [2.24, 2.45) is 0 Å². The van der Waals surface area contributed by atoms with E-state index in [-0.39, 0.29) is 11.6 Å². The number of nitrogens with two attached hydrogens (primary N) is 1. The van der Waals surface area contributed by atoms with Gasteiger partial charge < -0.3 is 10.8 Å². The number of aromatic carboxylic acids is 1. The summed E-state index contributed by atoms with van der Waals surface area (Å²) in [4.78, 5) is 21.2. The summed E-state index contributed by atoms with van der Waals surface area (Å²) in [5.74, 6) is -0.975. The molecule has 0 atom stereocenters. The molecule has 3 rings (SSSR count). The van der Waals surface area contributed by atoms with E-state index in [0.29, 0.717) is 19.1 Å². The summed E-state index contributed by atoms with van der Waals surface area (Å²) in [5, 5.41) is 9.05. The smallest absolute Gasteiger partial charge is 0.355 e. The first-order valence-electron chi connectivity index (χ1n) is 5.28. The van der Waals surface area contributed by atoms with Crippen molar-refractivity contribution >= 4 is 11.9 Å². The van der Waals surface area contributed by atoms with Crippen LogP contribution in [0.15, 0.2) is 0 Å². The molecule has 0 radical (unpaired) electrons. The number of anilines is 1. The number of rotatable bonds is 2. The Bertz CT molecular complexity index is 470. The number of carboxylic acid groups (broad SMARTS) is 1. The van der Waals surface area contributed by atoms with Crippen LogP contribution in [0.1, 0.15) is 34.6 Å². The maximum absolute atomic E-state index is 11.0. The van der Waals surface area contributed by atoms with Crippen LogP contribution in [-0.2, 0) is 13.1 Å². The molecule has 1 aliphatic heterocycles. The quantitative estimate of drug-likeness (QED) is 0.741. The highest BCUT2D eigenvalue weighted by molar-refractivity contribution is 5.87. The lowest BCUT2D eigenvalue weighted by molar-refractivity contribution is 0.0688. The number of fused-ring (bicyclic) bond motifs is 1. The van der Waals surface area contributed by atoms with Crippen LogP contribution in [0, 0.1) is 0 Å². The first kappa shape index (κ1) is 9.53. The van der Waals surface area contributed by atoms with Gasteiger partial charge in [0.2, 0.25) is 5.95 Å². The molecule has 0 aromatic carbocycles. The number of carboxylic acids is 1. The van der Waals surface area contributed by atoms with Gasteiger partial charge in [-0.2, -0.15) is 0 Å². The summed E-state index contributed by atoms with van der Waals surface area (Å²) in [5.41, 5.74) is 7.07. The van der Waals surface area contributed by atoms with Crippen LogP contribution >= 0.6 is 0 Å². The van der Waals surface area contributed by atoms with Gasteiger partial charge in [-0.05, 0) is 12.8 Å². The molecule has 0 spiro atoms. The molecule has 2 heterocycles. The molecule has 1 aromatic heterocycles. The van der Waals surface area contributed by atoms with E-state index in [1.165, 1.54) is 12.8 Å². The molecule has 3 N–H and O–H groups in total. The SMILES string of the molecule is Nc1nc2c(c(C(=O)O)n1)CN(C1CC1)C2. The predicted molar refractivity (Wildman–Crippen MR) is 55.7 cm³/mol. The van der Waals surface area contributed by atoms with Gasteiger partial charge in [-0.1, -0.05) is 0 Å². The zero-order valence-electron chi connectivity index (χ0n) is 8.68. The van der Waals surface area contributed by atoms with E-state index in [2.05, 4.69) is 14.9 Å². The van der Waals surface area contributed by atoms with Gasteiger partial charge in [-0.15, -0.1) is 0 Å². The van der Waals surface area contributed by atoms with E-state index in [1.54, 1.807) is 0 Å². The van der Waals surface area contributed by atoms with Crippen molar-refractivity contribution in [2.45, 2.75) is 32.0 Å². The number of carbonyl (C=O) groups is 1.